The zero-order valence-electron chi connectivity index (χ0n) is 11.4. The molecule has 3 nitrogen and oxygen atoms in total. The van der Waals surface area contributed by atoms with Gasteiger partial charge >= 0.3 is 7.12 Å². The summed E-state index contributed by atoms with van der Waals surface area (Å²) in [5, 5.41) is 0. The van der Waals surface area contributed by atoms with Crippen LogP contribution in [-0.4, -0.2) is 23.3 Å². The van der Waals surface area contributed by atoms with Crippen LogP contribution in [0.3, 0.4) is 0 Å². The van der Waals surface area contributed by atoms with Crippen LogP contribution in [-0.2, 0) is 15.7 Å². The quantitative estimate of drug-likeness (QED) is 0.583. The van der Waals surface area contributed by atoms with Gasteiger partial charge in [-0.05, 0) is 45.3 Å². The standard InChI is InChI=1S/C14H18BNO2/c1-6-7-12-10-11(8-9-16-12)15-17-13(2,3)14(4,5)18-15/h1,8-10H,7H2,2-5H3. The summed E-state index contributed by atoms with van der Waals surface area (Å²) in [6.45, 7) is 8.15. The molecule has 0 N–H and O–H groups in total. The van der Waals surface area contributed by atoms with Gasteiger partial charge in [-0.15, -0.1) is 12.3 Å². The molecule has 4 heteroatoms. The molecule has 1 aromatic rings. The molecule has 0 atom stereocenters. The third-order valence-corrected chi connectivity index (χ3v) is 3.65. The molecule has 18 heavy (non-hydrogen) atoms. The van der Waals surface area contributed by atoms with Crippen molar-refractivity contribution in [3.05, 3.63) is 24.0 Å². The van der Waals surface area contributed by atoms with Crippen molar-refractivity contribution in [3.63, 3.8) is 0 Å². The molecule has 0 saturated carbocycles. The Hall–Kier alpha value is -1.31. The van der Waals surface area contributed by atoms with Crippen LogP contribution >= 0.6 is 0 Å². The van der Waals surface area contributed by atoms with E-state index in [9.17, 15) is 0 Å². The Morgan fingerprint density at radius 3 is 2.44 bits per heavy atom. The molecule has 0 bridgehead atoms. The van der Waals surface area contributed by atoms with Crippen LogP contribution in [0.1, 0.15) is 33.4 Å². The van der Waals surface area contributed by atoms with Gasteiger partial charge in [-0.25, -0.2) is 0 Å². The maximum absolute atomic E-state index is 5.98. The summed E-state index contributed by atoms with van der Waals surface area (Å²) in [6, 6.07) is 3.85. The molecule has 0 aromatic carbocycles. The van der Waals surface area contributed by atoms with Crippen molar-refractivity contribution in [3.8, 4) is 12.3 Å². The molecule has 0 amide bonds. The highest BCUT2D eigenvalue weighted by Gasteiger charge is 2.51. The molecule has 1 aliphatic heterocycles. The average molecular weight is 243 g/mol. The third-order valence-electron chi connectivity index (χ3n) is 3.65. The molecule has 2 rings (SSSR count). The molecule has 0 aliphatic carbocycles. The van der Waals surface area contributed by atoms with Crippen LogP contribution in [0.2, 0.25) is 0 Å². The maximum Gasteiger partial charge on any atom is 0.494 e. The van der Waals surface area contributed by atoms with Crippen LogP contribution in [0, 0.1) is 12.3 Å². The largest absolute Gasteiger partial charge is 0.494 e. The number of pyridine rings is 1. The number of nitrogens with zero attached hydrogens (tertiary/aromatic N) is 1. The van der Waals surface area contributed by atoms with Crippen LogP contribution in [0.25, 0.3) is 0 Å². The summed E-state index contributed by atoms with van der Waals surface area (Å²) in [7, 11) is -0.352. The Labute approximate surface area is 109 Å². The molecule has 1 saturated heterocycles. The maximum atomic E-state index is 5.98. The van der Waals surface area contributed by atoms with Gasteiger partial charge in [0.2, 0.25) is 0 Å². The summed E-state index contributed by atoms with van der Waals surface area (Å²) < 4.78 is 12.0. The van der Waals surface area contributed by atoms with Crippen molar-refractivity contribution in [2.45, 2.75) is 45.3 Å². The first kappa shape index (κ1) is 13.1. The minimum atomic E-state index is -0.352. The topological polar surface area (TPSA) is 31.4 Å². The first-order valence-electron chi connectivity index (χ1n) is 6.10. The highest BCUT2D eigenvalue weighted by Crippen LogP contribution is 2.36. The lowest BCUT2D eigenvalue weighted by molar-refractivity contribution is 0.00578. The summed E-state index contributed by atoms with van der Waals surface area (Å²) in [5.41, 5.74) is 1.18. The van der Waals surface area contributed by atoms with E-state index in [0.29, 0.717) is 6.42 Å². The predicted molar refractivity (Wildman–Crippen MR) is 72.5 cm³/mol. The molecule has 2 heterocycles. The first-order chi connectivity index (χ1) is 8.36. The van der Waals surface area contributed by atoms with Crippen molar-refractivity contribution in [1.82, 2.24) is 4.98 Å². The van der Waals surface area contributed by atoms with Gasteiger partial charge in [0.25, 0.3) is 0 Å². The molecule has 1 fully saturated rings. The zero-order valence-corrected chi connectivity index (χ0v) is 11.4. The van der Waals surface area contributed by atoms with E-state index in [1.807, 2.05) is 39.8 Å². The van der Waals surface area contributed by atoms with Crippen LogP contribution < -0.4 is 5.46 Å². The van der Waals surface area contributed by atoms with Gasteiger partial charge in [-0.3, -0.25) is 4.98 Å². The number of hydrogen-bond donors (Lipinski definition) is 0. The highest BCUT2D eigenvalue weighted by molar-refractivity contribution is 6.62. The molecule has 0 spiro atoms. The Bertz CT molecular complexity index is 475. The van der Waals surface area contributed by atoms with Gasteiger partial charge in [-0.1, -0.05) is 0 Å². The molecule has 1 aliphatic rings. The minimum Gasteiger partial charge on any atom is -0.399 e. The predicted octanol–water partition coefficient (Wildman–Crippen LogP) is 1.56. The fraction of sp³-hybridized carbons (Fsp3) is 0.500. The van der Waals surface area contributed by atoms with Crippen molar-refractivity contribution >= 4 is 12.6 Å². The number of aromatic nitrogens is 1. The van der Waals surface area contributed by atoms with E-state index >= 15 is 0 Å². The minimum absolute atomic E-state index is 0.326. The van der Waals surface area contributed by atoms with E-state index in [0.717, 1.165) is 11.2 Å². The molecular formula is C14H18BNO2. The van der Waals surface area contributed by atoms with Gasteiger partial charge in [0.15, 0.2) is 0 Å². The number of rotatable bonds is 2. The van der Waals surface area contributed by atoms with Gasteiger partial charge in [0.05, 0.1) is 23.3 Å². The molecule has 0 radical (unpaired) electrons. The van der Waals surface area contributed by atoms with E-state index in [1.54, 1.807) is 6.20 Å². The summed E-state index contributed by atoms with van der Waals surface area (Å²) in [5.74, 6) is 2.59. The van der Waals surface area contributed by atoms with Gasteiger partial charge in [-0.2, -0.15) is 0 Å². The smallest absolute Gasteiger partial charge is 0.399 e. The Morgan fingerprint density at radius 2 is 1.89 bits per heavy atom. The van der Waals surface area contributed by atoms with Crippen LogP contribution in [0.15, 0.2) is 18.3 Å². The molecule has 0 unspecified atom stereocenters. The second kappa shape index (κ2) is 4.42. The van der Waals surface area contributed by atoms with Crippen molar-refractivity contribution < 1.29 is 9.31 Å². The monoisotopic (exact) mass is 243 g/mol. The summed E-state index contributed by atoms with van der Waals surface area (Å²) in [4.78, 5) is 4.22. The van der Waals surface area contributed by atoms with Crippen LogP contribution in [0.4, 0.5) is 0 Å². The second-order valence-corrected chi connectivity index (χ2v) is 5.55. The van der Waals surface area contributed by atoms with Gasteiger partial charge in [0, 0.05) is 6.20 Å². The van der Waals surface area contributed by atoms with E-state index in [1.165, 1.54) is 0 Å². The van der Waals surface area contributed by atoms with E-state index in [4.69, 9.17) is 15.7 Å². The van der Waals surface area contributed by atoms with Crippen molar-refractivity contribution in [2.24, 2.45) is 0 Å². The van der Waals surface area contributed by atoms with Gasteiger partial charge in [0.1, 0.15) is 0 Å². The second-order valence-electron chi connectivity index (χ2n) is 5.55. The lowest BCUT2D eigenvalue weighted by Gasteiger charge is -2.32. The molecule has 1 aromatic heterocycles. The number of hydrogen-bond acceptors (Lipinski definition) is 3. The van der Waals surface area contributed by atoms with Gasteiger partial charge < -0.3 is 9.31 Å². The lowest BCUT2D eigenvalue weighted by atomic mass is 9.79. The Balaban J connectivity index is 2.24. The number of terminal acetylenes is 1. The normalized spacial score (nSPS) is 20.7. The van der Waals surface area contributed by atoms with E-state index in [2.05, 4.69) is 10.9 Å². The highest BCUT2D eigenvalue weighted by atomic mass is 16.7. The molecule has 94 valence electrons. The first-order valence-corrected chi connectivity index (χ1v) is 6.10. The average Bonchev–Trinajstić information content (AvgIpc) is 2.49. The van der Waals surface area contributed by atoms with E-state index < -0.39 is 0 Å². The summed E-state index contributed by atoms with van der Waals surface area (Å²) >= 11 is 0. The van der Waals surface area contributed by atoms with Crippen LogP contribution in [0.5, 0.6) is 0 Å². The Morgan fingerprint density at radius 1 is 1.28 bits per heavy atom. The SMILES string of the molecule is C#CCc1cc(B2OC(C)(C)C(C)(C)O2)ccn1. The van der Waals surface area contributed by atoms with Crippen molar-refractivity contribution in [1.29, 1.82) is 0 Å². The zero-order chi connectivity index (χ0) is 13.4. The Kier molecular flexibility index (Phi) is 3.22. The summed E-state index contributed by atoms with van der Waals surface area (Å²) in [6.07, 6.45) is 7.56. The molecular weight excluding hydrogens is 225 g/mol. The fourth-order valence-electron chi connectivity index (χ4n) is 1.82. The fourth-order valence-corrected chi connectivity index (χ4v) is 1.82. The van der Waals surface area contributed by atoms with Crippen molar-refractivity contribution in [2.75, 3.05) is 0 Å². The lowest BCUT2D eigenvalue weighted by Crippen LogP contribution is -2.41. The third kappa shape index (κ3) is 2.29. The van der Waals surface area contributed by atoms with E-state index in [-0.39, 0.29) is 18.3 Å².